The molecule has 0 aromatic carbocycles. The zero-order valence-corrected chi connectivity index (χ0v) is 29.5. The van der Waals surface area contributed by atoms with Gasteiger partial charge in [0.2, 0.25) is 5.91 Å². The van der Waals surface area contributed by atoms with Crippen molar-refractivity contribution in [3.63, 3.8) is 0 Å². The standard InChI is InChI=1S/C34H56N8O8/c1-40-22-19-35-28(40)24-42(25-29-36-20-23-41(29)2)21-13-9-7-5-3-4-6-8-10-15-30(43)37-18-12-11-14-26(32(46)47)38-34(50)39-27(33(48)49)16-17-31(44)45/h19-20,22-23,26-27H,3-18,21,24-25H2,1-2H3,(H,37,43)(H,44,45)(H,46,47)(H,48,49)(H2,38,39,50)/t26-,27-/m0/s1. The lowest BCUT2D eigenvalue weighted by atomic mass is 10.1. The van der Waals surface area contributed by atoms with Crippen molar-refractivity contribution in [3.05, 3.63) is 36.4 Å². The lowest BCUT2D eigenvalue weighted by molar-refractivity contribution is -0.140. The van der Waals surface area contributed by atoms with E-state index in [1.54, 1.807) is 0 Å². The van der Waals surface area contributed by atoms with Gasteiger partial charge in [-0.1, -0.05) is 44.9 Å². The smallest absolute Gasteiger partial charge is 0.326 e. The Balaban J connectivity index is 1.48. The first-order valence-corrected chi connectivity index (χ1v) is 17.6. The van der Waals surface area contributed by atoms with Crippen molar-refractivity contribution in [2.24, 2.45) is 14.1 Å². The molecule has 0 saturated carbocycles. The first-order valence-electron chi connectivity index (χ1n) is 17.6. The normalized spacial score (nSPS) is 12.4. The predicted octanol–water partition coefficient (Wildman–Crippen LogP) is 3.41. The molecular weight excluding hydrogens is 648 g/mol. The number of hydrogen-bond donors (Lipinski definition) is 6. The number of aromatic nitrogens is 4. The molecule has 0 aliphatic carbocycles. The van der Waals surface area contributed by atoms with Crippen LogP contribution in [0.25, 0.3) is 0 Å². The number of urea groups is 1. The third kappa shape index (κ3) is 17.8. The summed E-state index contributed by atoms with van der Waals surface area (Å²) in [6, 6.07) is -3.72. The summed E-state index contributed by atoms with van der Waals surface area (Å²) in [5.41, 5.74) is 0. The highest BCUT2D eigenvalue weighted by molar-refractivity contribution is 5.86. The quantitative estimate of drug-likeness (QED) is 0.0705. The summed E-state index contributed by atoms with van der Waals surface area (Å²) in [7, 11) is 4.04. The molecule has 2 aromatic heterocycles. The van der Waals surface area contributed by atoms with Crippen LogP contribution in [0.4, 0.5) is 4.79 Å². The highest BCUT2D eigenvalue weighted by Gasteiger charge is 2.24. The molecule has 0 aliphatic heterocycles. The van der Waals surface area contributed by atoms with E-state index in [1.165, 1.54) is 25.7 Å². The van der Waals surface area contributed by atoms with Gasteiger partial charge in [-0.15, -0.1) is 0 Å². The van der Waals surface area contributed by atoms with Gasteiger partial charge in [-0.05, 0) is 45.1 Å². The second kappa shape index (κ2) is 23.8. The molecule has 0 radical (unpaired) electrons. The lowest BCUT2D eigenvalue weighted by Crippen LogP contribution is -2.51. The molecule has 0 aliphatic rings. The maximum Gasteiger partial charge on any atom is 0.326 e. The summed E-state index contributed by atoms with van der Waals surface area (Å²) in [4.78, 5) is 69.1. The molecule has 16 nitrogen and oxygen atoms in total. The van der Waals surface area contributed by atoms with Gasteiger partial charge in [0.05, 0.1) is 13.1 Å². The van der Waals surface area contributed by atoms with E-state index in [1.807, 2.05) is 38.9 Å². The highest BCUT2D eigenvalue weighted by atomic mass is 16.4. The molecule has 2 atom stereocenters. The SMILES string of the molecule is Cn1ccnc1CN(CCCCCCCCCCCC(=O)NCCCC[C@H](NC(=O)N[C@@H](CCC(=O)O)C(=O)O)C(=O)O)Cc1nccn1C. The maximum absolute atomic E-state index is 12.2. The van der Waals surface area contributed by atoms with Gasteiger partial charge in [0.25, 0.3) is 0 Å². The molecule has 0 fully saturated rings. The van der Waals surface area contributed by atoms with Crippen LogP contribution in [0.15, 0.2) is 24.8 Å². The fourth-order valence-corrected chi connectivity index (χ4v) is 5.50. The Morgan fingerprint density at radius 3 is 1.66 bits per heavy atom. The van der Waals surface area contributed by atoms with E-state index < -0.39 is 42.4 Å². The summed E-state index contributed by atoms with van der Waals surface area (Å²) >= 11 is 0. The van der Waals surface area contributed by atoms with Crippen molar-refractivity contribution in [1.82, 2.24) is 40.0 Å². The zero-order valence-electron chi connectivity index (χ0n) is 29.5. The third-order valence-electron chi connectivity index (χ3n) is 8.55. The Labute approximate surface area is 294 Å². The fourth-order valence-electron chi connectivity index (χ4n) is 5.50. The summed E-state index contributed by atoms with van der Waals surface area (Å²) in [6.07, 6.45) is 18.3. The van der Waals surface area contributed by atoms with E-state index in [-0.39, 0.29) is 18.7 Å². The average molecular weight is 705 g/mol. The first-order chi connectivity index (χ1) is 24.0. The molecule has 0 spiro atoms. The first kappa shape index (κ1) is 41.7. The lowest BCUT2D eigenvalue weighted by Gasteiger charge is -2.21. The molecule has 0 saturated heterocycles. The number of rotatable bonds is 28. The number of aliphatic carboxylic acids is 3. The number of nitrogens with one attached hydrogen (secondary N) is 3. The maximum atomic E-state index is 12.2. The summed E-state index contributed by atoms with van der Waals surface area (Å²) in [6.45, 7) is 2.97. The van der Waals surface area contributed by atoms with Crippen LogP contribution in [0.5, 0.6) is 0 Å². The summed E-state index contributed by atoms with van der Waals surface area (Å²) in [5, 5.41) is 34.4. The highest BCUT2D eigenvalue weighted by Crippen LogP contribution is 2.13. The van der Waals surface area contributed by atoms with Crippen molar-refractivity contribution in [2.45, 2.75) is 121 Å². The van der Waals surface area contributed by atoms with Crippen molar-refractivity contribution >= 4 is 29.8 Å². The number of carbonyl (C=O) groups is 5. The van der Waals surface area contributed by atoms with Gasteiger partial charge in [0, 0.05) is 58.3 Å². The Morgan fingerprint density at radius 2 is 1.18 bits per heavy atom. The number of carboxylic acids is 3. The molecule has 2 aromatic rings. The molecule has 50 heavy (non-hydrogen) atoms. The Morgan fingerprint density at radius 1 is 0.680 bits per heavy atom. The topological polar surface area (TPSA) is 221 Å². The van der Waals surface area contributed by atoms with Gasteiger partial charge in [0.1, 0.15) is 23.7 Å². The van der Waals surface area contributed by atoms with Crippen LogP contribution in [0, 0.1) is 0 Å². The zero-order chi connectivity index (χ0) is 36.7. The Hall–Kier alpha value is -4.47. The van der Waals surface area contributed by atoms with Crippen LogP contribution < -0.4 is 16.0 Å². The van der Waals surface area contributed by atoms with E-state index in [2.05, 4.69) is 40.0 Å². The van der Waals surface area contributed by atoms with Gasteiger partial charge in [-0.25, -0.2) is 24.4 Å². The van der Waals surface area contributed by atoms with Crippen LogP contribution in [-0.4, -0.2) is 94.3 Å². The molecule has 3 amide bonds. The number of aryl methyl sites for hydroxylation is 2. The van der Waals surface area contributed by atoms with E-state index in [9.17, 15) is 29.1 Å². The minimum atomic E-state index is -1.46. The number of carbonyl (C=O) groups excluding carboxylic acids is 2. The number of hydrogen-bond acceptors (Lipinski definition) is 8. The van der Waals surface area contributed by atoms with Crippen LogP contribution >= 0.6 is 0 Å². The largest absolute Gasteiger partial charge is 0.481 e. The van der Waals surface area contributed by atoms with Crippen LogP contribution in [-0.2, 0) is 46.4 Å². The van der Waals surface area contributed by atoms with E-state index in [0.717, 1.165) is 63.4 Å². The molecule has 2 rings (SSSR count). The van der Waals surface area contributed by atoms with Gasteiger partial charge in [-0.2, -0.15) is 0 Å². The van der Waals surface area contributed by atoms with Crippen molar-refractivity contribution in [2.75, 3.05) is 13.1 Å². The van der Waals surface area contributed by atoms with Gasteiger partial charge >= 0.3 is 23.9 Å². The Kier molecular flexibility index (Phi) is 19.9. The minimum Gasteiger partial charge on any atom is -0.481 e. The monoisotopic (exact) mass is 704 g/mol. The van der Waals surface area contributed by atoms with Crippen LogP contribution in [0.2, 0.25) is 0 Å². The molecule has 0 unspecified atom stereocenters. The summed E-state index contributed by atoms with van der Waals surface area (Å²) < 4.78 is 4.12. The number of nitrogens with zero attached hydrogens (tertiary/aromatic N) is 5. The van der Waals surface area contributed by atoms with Crippen LogP contribution in [0.3, 0.4) is 0 Å². The van der Waals surface area contributed by atoms with Crippen LogP contribution in [0.1, 0.15) is 108 Å². The second-order valence-corrected chi connectivity index (χ2v) is 12.7. The molecule has 0 bridgehead atoms. The number of imidazole rings is 2. The number of unbranched alkanes of at least 4 members (excludes halogenated alkanes) is 9. The fraction of sp³-hybridized carbons (Fsp3) is 0.676. The average Bonchev–Trinajstić information content (AvgIpc) is 3.66. The van der Waals surface area contributed by atoms with Crippen molar-refractivity contribution in [1.29, 1.82) is 0 Å². The number of amides is 3. The van der Waals surface area contributed by atoms with E-state index in [4.69, 9.17) is 10.2 Å². The van der Waals surface area contributed by atoms with Crippen molar-refractivity contribution in [3.8, 4) is 0 Å². The number of carboxylic acid groups (broad SMARTS) is 3. The van der Waals surface area contributed by atoms with E-state index in [0.29, 0.717) is 25.8 Å². The van der Waals surface area contributed by atoms with Gasteiger partial charge < -0.3 is 40.4 Å². The minimum absolute atomic E-state index is 0.0433. The molecule has 280 valence electrons. The predicted molar refractivity (Wildman–Crippen MR) is 185 cm³/mol. The molecule has 6 N–H and O–H groups in total. The molecule has 2 heterocycles. The molecule has 16 heteroatoms. The third-order valence-corrected chi connectivity index (χ3v) is 8.55. The second-order valence-electron chi connectivity index (χ2n) is 12.7. The van der Waals surface area contributed by atoms with Gasteiger partial charge in [-0.3, -0.25) is 14.5 Å². The Bertz CT molecular complexity index is 1290. The van der Waals surface area contributed by atoms with E-state index >= 15 is 0 Å². The van der Waals surface area contributed by atoms with Gasteiger partial charge in [0.15, 0.2) is 0 Å². The summed E-state index contributed by atoms with van der Waals surface area (Å²) in [5.74, 6) is -1.86. The molecular formula is C34H56N8O8. The van der Waals surface area contributed by atoms with Crippen molar-refractivity contribution < 1.29 is 39.3 Å².